The molecule has 0 amide bonds. The van der Waals surface area contributed by atoms with E-state index in [0.717, 1.165) is 5.46 Å². The average Bonchev–Trinajstić information content (AvgIpc) is 2.76. The van der Waals surface area contributed by atoms with E-state index in [1.807, 2.05) is 58.0 Å². The fourth-order valence-corrected chi connectivity index (χ4v) is 2.45. The Kier molecular flexibility index (Phi) is 4.24. The molecular weight excluding hydrogens is 303 g/mol. The predicted molar refractivity (Wildman–Crippen MR) is 93.6 cm³/mol. The first-order chi connectivity index (χ1) is 11.3. The molecule has 2 aromatic rings. The molecule has 0 radical (unpaired) electrons. The normalized spacial score (nSPS) is 18.4. The van der Waals surface area contributed by atoms with Gasteiger partial charge in [0.25, 0.3) is 0 Å². The number of rotatable bonds is 3. The fraction of sp³-hybridized carbons (Fsp3) is 0.316. The van der Waals surface area contributed by atoms with E-state index in [1.54, 1.807) is 24.3 Å². The van der Waals surface area contributed by atoms with Crippen LogP contribution in [0.5, 0.6) is 5.75 Å². The highest BCUT2D eigenvalue weighted by Gasteiger charge is 2.51. The van der Waals surface area contributed by atoms with Crippen LogP contribution in [-0.2, 0) is 9.31 Å². The molecule has 0 saturated carbocycles. The first-order valence-corrected chi connectivity index (χ1v) is 8.01. The monoisotopic (exact) mass is 324 g/mol. The van der Waals surface area contributed by atoms with Crippen LogP contribution < -0.4 is 10.2 Å². The number of hydrogen-bond donors (Lipinski definition) is 0. The lowest BCUT2D eigenvalue weighted by Gasteiger charge is -2.32. The van der Waals surface area contributed by atoms with Gasteiger partial charge in [-0.2, -0.15) is 0 Å². The second-order valence-corrected chi connectivity index (χ2v) is 6.92. The van der Waals surface area contributed by atoms with Gasteiger partial charge in [0.15, 0.2) is 0 Å². The molecule has 1 heterocycles. The van der Waals surface area contributed by atoms with Crippen molar-refractivity contribution in [1.82, 2.24) is 0 Å². The van der Waals surface area contributed by atoms with Crippen LogP contribution >= 0.6 is 0 Å². The zero-order valence-electron chi connectivity index (χ0n) is 14.4. The highest BCUT2D eigenvalue weighted by atomic mass is 16.7. The minimum atomic E-state index is -0.500. The quantitative estimate of drug-likeness (QED) is 0.494. The SMILES string of the molecule is CC1(C)OB(c2cccc(C(=O)Oc3ccccc3)c2)OC1(C)C. The maximum Gasteiger partial charge on any atom is 0.494 e. The molecule has 5 heteroatoms. The highest BCUT2D eigenvalue weighted by Crippen LogP contribution is 2.36. The van der Waals surface area contributed by atoms with Crippen molar-refractivity contribution in [2.45, 2.75) is 38.9 Å². The van der Waals surface area contributed by atoms with Gasteiger partial charge in [-0.1, -0.05) is 30.3 Å². The van der Waals surface area contributed by atoms with E-state index in [2.05, 4.69) is 0 Å². The van der Waals surface area contributed by atoms with Crippen molar-refractivity contribution >= 4 is 18.6 Å². The Labute approximate surface area is 142 Å². The van der Waals surface area contributed by atoms with E-state index in [9.17, 15) is 4.79 Å². The molecular formula is C19H21BO4. The Morgan fingerprint density at radius 2 is 1.54 bits per heavy atom. The summed E-state index contributed by atoms with van der Waals surface area (Å²) in [6.45, 7) is 8.00. The van der Waals surface area contributed by atoms with E-state index < -0.39 is 24.3 Å². The Balaban J connectivity index is 1.79. The topological polar surface area (TPSA) is 44.8 Å². The summed E-state index contributed by atoms with van der Waals surface area (Å²) >= 11 is 0. The third-order valence-corrected chi connectivity index (χ3v) is 4.60. The summed E-state index contributed by atoms with van der Waals surface area (Å²) in [6, 6.07) is 16.2. The number of carbonyl (C=O) groups is 1. The zero-order valence-corrected chi connectivity index (χ0v) is 14.4. The van der Waals surface area contributed by atoms with Gasteiger partial charge in [0, 0.05) is 0 Å². The van der Waals surface area contributed by atoms with Crippen molar-refractivity contribution in [1.29, 1.82) is 0 Å². The summed E-state index contributed by atoms with van der Waals surface area (Å²) in [5, 5.41) is 0. The molecule has 0 N–H and O–H groups in total. The molecule has 0 atom stereocenters. The first-order valence-electron chi connectivity index (χ1n) is 8.01. The highest BCUT2D eigenvalue weighted by molar-refractivity contribution is 6.62. The van der Waals surface area contributed by atoms with E-state index in [4.69, 9.17) is 14.0 Å². The maximum absolute atomic E-state index is 12.3. The van der Waals surface area contributed by atoms with Gasteiger partial charge in [0.1, 0.15) is 5.75 Å². The first kappa shape index (κ1) is 16.7. The van der Waals surface area contributed by atoms with Gasteiger partial charge in [0.2, 0.25) is 0 Å². The molecule has 1 fully saturated rings. The second-order valence-electron chi connectivity index (χ2n) is 6.92. The molecule has 3 rings (SSSR count). The molecule has 2 aromatic carbocycles. The lowest BCUT2D eigenvalue weighted by Crippen LogP contribution is -2.41. The molecule has 1 aliphatic rings. The van der Waals surface area contributed by atoms with Crippen LogP contribution in [-0.4, -0.2) is 24.3 Å². The van der Waals surface area contributed by atoms with Crippen LogP contribution in [0.1, 0.15) is 38.1 Å². The molecule has 0 aromatic heterocycles. The molecule has 0 aliphatic carbocycles. The lowest BCUT2D eigenvalue weighted by atomic mass is 9.78. The summed E-state index contributed by atoms with van der Waals surface area (Å²) in [5.41, 5.74) is 0.429. The summed E-state index contributed by atoms with van der Waals surface area (Å²) in [6.07, 6.45) is 0. The Morgan fingerprint density at radius 3 is 2.17 bits per heavy atom. The van der Waals surface area contributed by atoms with Gasteiger partial charge >= 0.3 is 13.1 Å². The molecule has 24 heavy (non-hydrogen) atoms. The van der Waals surface area contributed by atoms with Gasteiger partial charge in [-0.05, 0) is 57.4 Å². The molecule has 0 bridgehead atoms. The number of para-hydroxylation sites is 1. The smallest absolute Gasteiger partial charge is 0.423 e. The summed E-state index contributed by atoms with van der Waals surface area (Å²) < 4.78 is 17.4. The van der Waals surface area contributed by atoms with Crippen molar-refractivity contribution in [3.05, 3.63) is 60.2 Å². The molecule has 0 spiro atoms. The summed E-state index contributed by atoms with van der Waals surface area (Å²) in [4.78, 5) is 12.3. The van der Waals surface area contributed by atoms with Gasteiger partial charge in [0.05, 0.1) is 16.8 Å². The average molecular weight is 324 g/mol. The van der Waals surface area contributed by atoms with Crippen LogP contribution in [0, 0.1) is 0 Å². The van der Waals surface area contributed by atoms with Gasteiger partial charge < -0.3 is 14.0 Å². The number of hydrogen-bond acceptors (Lipinski definition) is 4. The van der Waals surface area contributed by atoms with Crippen molar-refractivity contribution in [2.24, 2.45) is 0 Å². The second kappa shape index (κ2) is 6.08. The van der Waals surface area contributed by atoms with Gasteiger partial charge in [-0.15, -0.1) is 0 Å². The van der Waals surface area contributed by atoms with Crippen molar-refractivity contribution < 1.29 is 18.8 Å². The van der Waals surface area contributed by atoms with Crippen LogP contribution in [0.15, 0.2) is 54.6 Å². The Bertz CT molecular complexity index is 724. The Hall–Kier alpha value is -2.11. The van der Waals surface area contributed by atoms with Crippen LogP contribution in [0.2, 0.25) is 0 Å². The minimum absolute atomic E-state index is 0.403. The number of benzene rings is 2. The van der Waals surface area contributed by atoms with Crippen LogP contribution in [0.3, 0.4) is 0 Å². The molecule has 4 nitrogen and oxygen atoms in total. The van der Waals surface area contributed by atoms with Crippen molar-refractivity contribution in [3.63, 3.8) is 0 Å². The van der Waals surface area contributed by atoms with E-state index in [-0.39, 0.29) is 0 Å². The Morgan fingerprint density at radius 1 is 0.917 bits per heavy atom. The third-order valence-electron chi connectivity index (χ3n) is 4.60. The van der Waals surface area contributed by atoms with Crippen molar-refractivity contribution in [2.75, 3.05) is 0 Å². The largest absolute Gasteiger partial charge is 0.494 e. The van der Waals surface area contributed by atoms with E-state index in [0.29, 0.717) is 11.3 Å². The van der Waals surface area contributed by atoms with Gasteiger partial charge in [-0.3, -0.25) is 0 Å². The van der Waals surface area contributed by atoms with Crippen molar-refractivity contribution in [3.8, 4) is 5.75 Å². The lowest BCUT2D eigenvalue weighted by molar-refractivity contribution is 0.00578. The summed E-state index contributed by atoms with van der Waals surface area (Å²) in [5.74, 6) is 0.114. The molecule has 124 valence electrons. The summed E-state index contributed by atoms with van der Waals surface area (Å²) in [7, 11) is -0.500. The number of ether oxygens (including phenoxy) is 1. The molecule has 1 saturated heterocycles. The fourth-order valence-electron chi connectivity index (χ4n) is 2.45. The third kappa shape index (κ3) is 3.23. The predicted octanol–water partition coefficient (Wildman–Crippen LogP) is 3.21. The van der Waals surface area contributed by atoms with Crippen LogP contribution in [0.25, 0.3) is 0 Å². The van der Waals surface area contributed by atoms with Crippen LogP contribution in [0.4, 0.5) is 0 Å². The minimum Gasteiger partial charge on any atom is -0.423 e. The standard InChI is InChI=1S/C19H21BO4/c1-18(2)19(3,4)24-20(23-18)15-10-8-9-14(13-15)17(21)22-16-11-6-5-7-12-16/h5-13H,1-4H3. The molecule has 0 unspecified atom stereocenters. The zero-order chi connectivity index (χ0) is 17.4. The number of esters is 1. The van der Waals surface area contributed by atoms with E-state index >= 15 is 0 Å². The number of carbonyl (C=O) groups excluding carboxylic acids is 1. The van der Waals surface area contributed by atoms with Gasteiger partial charge in [-0.25, -0.2) is 4.79 Å². The maximum atomic E-state index is 12.3. The molecule has 1 aliphatic heterocycles. The van der Waals surface area contributed by atoms with E-state index in [1.165, 1.54) is 0 Å².